The Hall–Kier alpha value is -3.16. The third kappa shape index (κ3) is 2.94. The second-order valence-corrected chi connectivity index (χ2v) is 7.75. The molecule has 0 radical (unpaired) electrons. The van der Waals surface area contributed by atoms with Gasteiger partial charge >= 0.3 is 0 Å². The molecule has 0 saturated carbocycles. The SMILES string of the molecule is COCn1ccnc1-c1cc2nccc(Nc3ccc4[nH]c(C)cc4c3)c2s1. The number of methoxy groups -OCH3 is 1. The van der Waals surface area contributed by atoms with Gasteiger partial charge in [-0.15, -0.1) is 11.3 Å². The number of aromatic amines is 1. The average Bonchev–Trinajstić information content (AvgIpc) is 3.38. The van der Waals surface area contributed by atoms with E-state index < -0.39 is 0 Å². The number of hydrogen-bond donors (Lipinski definition) is 2. The number of pyridine rings is 1. The predicted octanol–water partition coefficient (Wildman–Crippen LogP) is 5.30. The van der Waals surface area contributed by atoms with Gasteiger partial charge in [-0.25, -0.2) is 4.98 Å². The summed E-state index contributed by atoms with van der Waals surface area (Å²) in [6.07, 6.45) is 5.55. The molecule has 4 aromatic heterocycles. The lowest BCUT2D eigenvalue weighted by Crippen LogP contribution is -1.99. The summed E-state index contributed by atoms with van der Waals surface area (Å²) >= 11 is 1.68. The third-order valence-electron chi connectivity index (χ3n) is 4.65. The number of rotatable bonds is 5. The number of aryl methyl sites for hydroxylation is 1. The fourth-order valence-corrected chi connectivity index (χ4v) is 4.53. The van der Waals surface area contributed by atoms with Crippen molar-refractivity contribution < 1.29 is 4.74 Å². The molecule has 0 bridgehead atoms. The van der Waals surface area contributed by atoms with Crippen LogP contribution in [0.25, 0.3) is 31.8 Å². The molecule has 5 aromatic rings. The number of benzene rings is 1. The standard InChI is InChI=1S/C21H19N5OS/c1-13-9-14-10-15(3-4-16(14)24-13)25-17-5-6-22-18-11-19(28-20(17)18)21-23-7-8-26(21)12-27-2/h3-11,24H,12H2,1-2H3,(H,22,25). The number of imidazole rings is 1. The number of H-pyrrole nitrogens is 1. The highest BCUT2D eigenvalue weighted by Gasteiger charge is 2.13. The van der Waals surface area contributed by atoms with Crippen LogP contribution in [0.2, 0.25) is 0 Å². The highest BCUT2D eigenvalue weighted by atomic mass is 32.1. The van der Waals surface area contributed by atoms with E-state index in [1.54, 1.807) is 24.6 Å². The lowest BCUT2D eigenvalue weighted by Gasteiger charge is -2.07. The van der Waals surface area contributed by atoms with Gasteiger partial charge in [0.25, 0.3) is 0 Å². The van der Waals surface area contributed by atoms with Crippen molar-refractivity contribution in [2.45, 2.75) is 13.7 Å². The Morgan fingerprint density at radius 2 is 2.07 bits per heavy atom. The molecule has 7 heteroatoms. The van der Waals surface area contributed by atoms with Crippen LogP contribution in [0.5, 0.6) is 0 Å². The number of fused-ring (bicyclic) bond motifs is 2. The summed E-state index contributed by atoms with van der Waals surface area (Å²) in [6.45, 7) is 2.54. The molecule has 0 spiro atoms. The Balaban J connectivity index is 1.54. The molecular formula is C21H19N5OS. The fourth-order valence-electron chi connectivity index (χ4n) is 3.44. The summed E-state index contributed by atoms with van der Waals surface area (Å²) in [4.78, 5) is 13.5. The summed E-state index contributed by atoms with van der Waals surface area (Å²) < 4.78 is 8.35. The highest BCUT2D eigenvalue weighted by Crippen LogP contribution is 2.37. The van der Waals surface area contributed by atoms with Crippen LogP contribution >= 0.6 is 11.3 Å². The van der Waals surface area contributed by atoms with Crippen molar-refractivity contribution in [3.8, 4) is 10.7 Å². The van der Waals surface area contributed by atoms with Gasteiger partial charge in [0.2, 0.25) is 0 Å². The molecule has 0 aliphatic carbocycles. The molecule has 2 N–H and O–H groups in total. The molecule has 0 saturated heterocycles. The first-order chi connectivity index (χ1) is 13.7. The first-order valence-corrected chi connectivity index (χ1v) is 9.78. The van der Waals surface area contributed by atoms with E-state index in [2.05, 4.69) is 57.5 Å². The van der Waals surface area contributed by atoms with Crippen molar-refractivity contribution in [1.82, 2.24) is 19.5 Å². The van der Waals surface area contributed by atoms with E-state index in [0.29, 0.717) is 6.73 Å². The highest BCUT2D eigenvalue weighted by molar-refractivity contribution is 7.22. The van der Waals surface area contributed by atoms with Crippen LogP contribution in [0.4, 0.5) is 11.4 Å². The molecule has 0 aliphatic heterocycles. The molecule has 28 heavy (non-hydrogen) atoms. The average molecular weight is 389 g/mol. The van der Waals surface area contributed by atoms with Crippen LogP contribution in [-0.4, -0.2) is 26.6 Å². The molecule has 0 aliphatic rings. The molecule has 0 unspecified atom stereocenters. The monoisotopic (exact) mass is 389 g/mol. The lowest BCUT2D eigenvalue weighted by molar-refractivity contribution is 0.132. The van der Waals surface area contributed by atoms with Crippen molar-refractivity contribution in [3.63, 3.8) is 0 Å². The van der Waals surface area contributed by atoms with E-state index in [4.69, 9.17) is 4.74 Å². The van der Waals surface area contributed by atoms with E-state index >= 15 is 0 Å². The third-order valence-corrected chi connectivity index (χ3v) is 5.80. The first kappa shape index (κ1) is 17.0. The number of nitrogens with one attached hydrogen (secondary N) is 2. The Kier molecular flexibility index (Phi) is 4.11. The van der Waals surface area contributed by atoms with Crippen LogP contribution in [0, 0.1) is 6.92 Å². The second kappa shape index (κ2) is 6.78. The molecule has 1 aromatic carbocycles. The maximum Gasteiger partial charge on any atom is 0.151 e. The zero-order valence-electron chi connectivity index (χ0n) is 15.6. The summed E-state index contributed by atoms with van der Waals surface area (Å²) in [5, 5.41) is 4.75. The van der Waals surface area contributed by atoms with E-state index in [9.17, 15) is 0 Å². The summed E-state index contributed by atoms with van der Waals surface area (Å²) in [5.41, 5.74) is 5.35. The number of hydrogen-bond acceptors (Lipinski definition) is 5. The van der Waals surface area contributed by atoms with Gasteiger partial charge in [-0.1, -0.05) is 0 Å². The van der Waals surface area contributed by atoms with E-state index in [1.165, 1.54) is 5.39 Å². The van der Waals surface area contributed by atoms with Crippen LogP contribution in [-0.2, 0) is 11.5 Å². The van der Waals surface area contributed by atoms with Crippen molar-refractivity contribution in [1.29, 1.82) is 0 Å². The number of aromatic nitrogens is 4. The van der Waals surface area contributed by atoms with Gasteiger partial charge < -0.3 is 19.6 Å². The summed E-state index contributed by atoms with van der Waals surface area (Å²) in [5.74, 6) is 0.889. The minimum atomic E-state index is 0.470. The predicted molar refractivity (Wildman–Crippen MR) is 114 cm³/mol. The van der Waals surface area contributed by atoms with E-state index in [0.717, 1.165) is 43.5 Å². The number of anilines is 2. The van der Waals surface area contributed by atoms with Gasteiger partial charge in [0.1, 0.15) is 6.73 Å². The van der Waals surface area contributed by atoms with E-state index in [1.807, 2.05) is 23.0 Å². The molecular weight excluding hydrogens is 370 g/mol. The topological polar surface area (TPSA) is 67.8 Å². The van der Waals surface area contributed by atoms with E-state index in [-0.39, 0.29) is 0 Å². The Morgan fingerprint density at radius 3 is 2.96 bits per heavy atom. The van der Waals surface area contributed by atoms with Gasteiger partial charge in [-0.05, 0) is 43.3 Å². The smallest absolute Gasteiger partial charge is 0.151 e. The van der Waals surface area contributed by atoms with Crippen molar-refractivity contribution in [2.75, 3.05) is 12.4 Å². The number of nitrogens with zero attached hydrogens (tertiary/aromatic N) is 3. The number of ether oxygens (including phenoxy) is 1. The molecule has 140 valence electrons. The molecule has 4 heterocycles. The maximum absolute atomic E-state index is 5.26. The van der Waals surface area contributed by atoms with Crippen molar-refractivity contribution >= 4 is 43.8 Å². The van der Waals surface area contributed by atoms with Crippen molar-refractivity contribution in [2.24, 2.45) is 0 Å². The van der Waals surface area contributed by atoms with Crippen LogP contribution in [0.3, 0.4) is 0 Å². The normalized spacial score (nSPS) is 11.5. The van der Waals surface area contributed by atoms with Crippen LogP contribution < -0.4 is 5.32 Å². The van der Waals surface area contributed by atoms with Gasteiger partial charge in [0.15, 0.2) is 5.82 Å². The van der Waals surface area contributed by atoms with Crippen LogP contribution in [0.1, 0.15) is 5.69 Å². The van der Waals surface area contributed by atoms with Gasteiger partial charge in [-0.2, -0.15) is 0 Å². The van der Waals surface area contributed by atoms with Gasteiger partial charge in [0, 0.05) is 48.0 Å². The summed E-state index contributed by atoms with van der Waals surface area (Å²) in [6, 6.07) is 12.6. The van der Waals surface area contributed by atoms with Crippen LogP contribution in [0.15, 0.2) is 55.0 Å². The lowest BCUT2D eigenvalue weighted by atomic mass is 10.2. The Labute approximate surface area is 165 Å². The minimum absolute atomic E-state index is 0.470. The molecule has 0 fully saturated rings. The molecule has 0 atom stereocenters. The Bertz CT molecular complexity index is 1280. The molecule has 0 amide bonds. The summed E-state index contributed by atoms with van der Waals surface area (Å²) in [7, 11) is 1.68. The van der Waals surface area contributed by atoms with Crippen molar-refractivity contribution in [3.05, 3.63) is 60.7 Å². The zero-order valence-corrected chi connectivity index (χ0v) is 16.4. The maximum atomic E-state index is 5.26. The fraction of sp³-hybridized carbons (Fsp3) is 0.143. The Morgan fingerprint density at radius 1 is 1.14 bits per heavy atom. The minimum Gasteiger partial charge on any atom is -0.364 e. The van der Waals surface area contributed by atoms with Gasteiger partial charge in [-0.3, -0.25) is 4.98 Å². The van der Waals surface area contributed by atoms with Gasteiger partial charge in [0.05, 0.1) is 20.8 Å². The number of thiophene rings is 1. The quantitative estimate of drug-likeness (QED) is 0.428. The molecule has 6 nitrogen and oxygen atoms in total. The largest absolute Gasteiger partial charge is 0.364 e. The molecule has 5 rings (SSSR count). The zero-order chi connectivity index (χ0) is 19.1. The second-order valence-electron chi connectivity index (χ2n) is 6.70. The first-order valence-electron chi connectivity index (χ1n) is 8.96.